The molecule has 0 saturated heterocycles. The minimum atomic E-state index is -2.19. The predicted octanol–water partition coefficient (Wildman–Crippen LogP) is -10.5. The Bertz CT molecular complexity index is 281. The molecule has 0 fully saturated rings. The molecule has 0 aromatic rings. The van der Waals surface area contributed by atoms with Gasteiger partial charge < -0.3 is 59.4 Å². The zero-order valence-corrected chi connectivity index (χ0v) is 13.5. The Balaban J connectivity index is -0.0000000536. The van der Waals surface area contributed by atoms with Gasteiger partial charge in [0.25, 0.3) is 0 Å². The molecule has 0 bridgehead atoms. The van der Waals surface area contributed by atoms with Crippen molar-refractivity contribution in [3.05, 3.63) is 0 Å². The molecular weight excluding hydrogens is 568 g/mol. The molecule has 20 heavy (non-hydrogen) atoms. The van der Waals surface area contributed by atoms with Crippen molar-refractivity contribution >= 4 is 35.8 Å². The molecule has 0 aliphatic carbocycles. The quantitative estimate of drug-likeness (QED) is 0.248. The van der Waals surface area contributed by atoms with Crippen LogP contribution in [0.5, 0.6) is 0 Å². The average Bonchev–Trinajstić information content (AvgIpc) is 2.18. The Labute approximate surface area is 190 Å². The van der Waals surface area contributed by atoms with E-state index in [9.17, 15) is 0 Å². The van der Waals surface area contributed by atoms with Crippen molar-refractivity contribution in [2.45, 2.75) is 0 Å². The maximum absolute atomic E-state index is 8.93. The fraction of sp³-hybridized carbons (Fsp3) is 0. The second kappa shape index (κ2) is 19.0. The van der Waals surface area contributed by atoms with Crippen molar-refractivity contribution in [1.29, 1.82) is 0 Å². The van der Waals surface area contributed by atoms with Gasteiger partial charge in [0.2, 0.25) is 0 Å². The zero-order valence-electron chi connectivity index (χ0n) is 8.65. The van der Waals surface area contributed by atoms with Gasteiger partial charge in [-0.25, -0.2) is 0 Å². The maximum Gasteiger partial charge on any atom is 2.00 e. The van der Waals surface area contributed by atoms with Gasteiger partial charge in [-0.1, -0.05) is 0 Å². The summed E-state index contributed by atoms with van der Waals surface area (Å²) >= 11 is 0. The largest absolute Gasteiger partial charge is 2.00 e. The number of hydrogen-bond donors (Lipinski definition) is 0. The third-order valence-electron chi connectivity index (χ3n) is 0.500. The summed E-state index contributed by atoms with van der Waals surface area (Å²) in [7, 11) is 0. The van der Waals surface area contributed by atoms with Gasteiger partial charge in [-0.2, -0.15) is 0 Å². The fourth-order valence-electron chi connectivity index (χ4n) is 0. The third-order valence-corrected chi connectivity index (χ3v) is 0.500. The number of hydrogen-bond acceptors (Lipinski definition) is 12. The molecule has 0 aliphatic heterocycles. The van der Waals surface area contributed by atoms with Crippen LogP contribution in [-0.4, -0.2) is 35.8 Å². The number of aliphatic carboxylic acids is 6. The topological polar surface area (TPSA) is 241 Å². The van der Waals surface area contributed by atoms with E-state index in [-0.39, 0.29) is 98.8 Å². The van der Waals surface area contributed by atoms with Gasteiger partial charge in [0.05, 0.1) is 35.8 Å². The summed E-state index contributed by atoms with van der Waals surface area (Å²) in [4.78, 5) is 53.6. The Morgan fingerprint density at radius 1 is 0.350 bits per heavy atom. The molecule has 14 heteroatoms. The van der Waals surface area contributed by atoms with Crippen molar-refractivity contribution in [3.63, 3.8) is 0 Å². The van der Waals surface area contributed by atoms with Crippen molar-refractivity contribution in [3.8, 4) is 0 Å². The molecule has 0 saturated carbocycles. The predicted molar refractivity (Wildman–Crippen MR) is 30.0 cm³/mol. The average molecular weight is 568 g/mol. The Hall–Kier alpha value is -0.0112. The molecule has 0 aromatic carbocycles. The van der Waals surface area contributed by atoms with E-state index in [1.807, 2.05) is 0 Å². The van der Waals surface area contributed by atoms with E-state index in [2.05, 4.69) is 0 Å². The van der Waals surface area contributed by atoms with E-state index in [0.717, 1.165) is 0 Å². The molecule has 2 radical (unpaired) electrons. The molecule has 0 spiro atoms. The molecule has 0 atom stereocenters. The minimum Gasteiger partial charge on any atom is -0.543 e. The van der Waals surface area contributed by atoms with Crippen LogP contribution in [0.3, 0.4) is 0 Å². The third kappa shape index (κ3) is 36.1. The number of carbonyl (C=O) groups is 6. The molecule has 0 rings (SSSR count). The molecule has 0 aromatic heterocycles. The van der Waals surface area contributed by atoms with Crippen LogP contribution in [0, 0.1) is 98.8 Å². The second-order valence-corrected chi connectivity index (χ2v) is 1.72. The van der Waals surface area contributed by atoms with Crippen LogP contribution in [0.2, 0.25) is 0 Å². The summed E-state index contributed by atoms with van der Waals surface area (Å²) in [5, 5.41) is 53.6. The standard InChI is InChI=1S/3C2H2O4.2Eu/c3*3-1(4)2(5)6;;/h3*(H,3,4)(H,5,6);;/q;;;2*+2/p-6. The van der Waals surface area contributed by atoms with Crippen LogP contribution in [-0.2, 0) is 28.8 Å². The summed E-state index contributed by atoms with van der Waals surface area (Å²) in [6, 6.07) is 0. The van der Waals surface area contributed by atoms with Crippen molar-refractivity contribution < 1.29 is 158 Å². The van der Waals surface area contributed by atoms with Crippen LogP contribution in [0.4, 0.5) is 0 Å². The van der Waals surface area contributed by atoms with E-state index in [1.165, 1.54) is 0 Å². The van der Waals surface area contributed by atoms with Gasteiger partial charge in [0.1, 0.15) is 0 Å². The van der Waals surface area contributed by atoms with Gasteiger partial charge in [-0.3, -0.25) is 0 Å². The van der Waals surface area contributed by atoms with Crippen LogP contribution < -0.4 is 30.6 Å². The first kappa shape index (κ1) is 32.1. The van der Waals surface area contributed by atoms with Gasteiger partial charge >= 0.3 is 98.8 Å². The Morgan fingerprint density at radius 3 is 0.400 bits per heavy atom. The maximum atomic E-state index is 8.93. The van der Waals surface area contributed by atoms with Gasteiger partial charge in [-0.15, -0.1) is 0 Å². The molecule has 0 amide bonds. The van der Waals surface area contributed by atoms with E-state index >= 15 is 0 Å². The number of carboxylic acid groups (broad SMARTS) is 6. The second-order valence-electron chi connectivity index (χ2n) is 1.72. The Morgan fingerprint density at radius 2 is 0.400 bits per heavy atom. The van der Waals surface area contributed by atoms with E-state index in [4.69, 9.17) is 59.4 Å². The normalized spacial score (nSPS) is 6.60. The Kier molecular flexibility index (Phi) is 30.5. The van der Waals surface area contributed by atoms with Gasteiger partial charge in [-0.05, 0) is 0 Å². The number of rotatable bonds is 0. The number of carboxylic acids is 6. The first-order valence-electron chi connectivity index (χ1n) is 3.20. The summed E-state index contributed by atoms with van der Waals surface area (Å²) in [5.41, 5.74) is 0. The van der Waals surface area contributed by atoms with E-state index < -0.39 is 35.8 Å². The summed E-state index contributed by atoms with van der Waals surface area (Å²) in [6.45, 7) is 0. The summed E-state index contributed by atoms with van der Waals surface area (Å²) in [5.74, 6) is -13.1. The summed E-state index contributed by atoms with van der Waals surface area (Å²) in [6.07, 6.45) is 0. The zero-order chi connectivity index (χ0) is 15.5. The first-order chi connectivity index (χ1) is 7.93. The molecular formula is C6Eu2O12-2. The van der Waals surface area contributed by atoms with Crippen molar-refractivity contribution in [1.82, 2.24) is 0 Å². The van der Waals surface area contributed by atoms with Crippen LogP contribution in [0.1, 0.15) is 0 Å². The molecule has 112 valence electrons. The molecule has 0 unspecified atom stereocenters. The van der Waals surface area contributed by atoms with Crippen molar-refractivity contribution in [2.24, 2.45) is 0 Å². The van der Waals surface area contributed by atoms with E-state index in [1.54, 1.807) is 0 Å². The monoisotopic (exact) mass is 570 g/mol. The fourth-order valence-corrected chi connectivity index (χ4v) is 0. The molecule has 0 heterocycles. The minimum absolute atomic E-state index is 0. The van der Waals surface area contributed by atoms with E-state index in [0.29, 0.717) is 0 Å². The molecule has 12 nitrogen and oxygen atoms in total. The van der Waals surface area contributed by atoms with Crippen LogP contribution in [0.15, 0.2) is 0 Å². The van der Waals surface area contributed by atoms with Crippen LogP contribution in [0.25, 0.3) is 0 Å². The van der Waals surface area contributed by atoms with Crippen LogP contribution >= 0.6 is 0 Å². The molecule has 0 aliphatic rings. The van der Waals surface area contributed by atoms with Gasteiger partial charge in [0.15, 0.2) is 0 Å². The first-order valence-corrected chi connectivity index (χ1v) is 3.20. The SMILES string of the molecule is O=C([O-])C(=O)[O-].O=C([O-])C(=O)[O-].O=C([O-])C(=O)[O-].[Eu+2].[Eu+2]. The van der Waals surface area contributed by atoms with Crippen molar-refractivity contribution in [2.75, 3.05) is 0 Å². The summed E-state index contributed by atoms with van der Waals surface area (Å²) < 4.78 is 0. The smallest absolute Gasteiger partial charge is 0.543 e. The molecule has 0 N–H and O–H groups in total. The van der Waals surface area contributed by atoms with Gasteiger partial charge in [0, 0.05) is 0 Å². The number of carbonyl (C=O) groups excluding carboxylic acids is 6.